The first-order valence-corrected chi connectivity index (χ1v) is 15.2. The molecule has 4 aromatic rings. The van der Waals surface area contributed by atoms with Crippen molar-refractivity contribution in [2.75, 3.05) is 6.54 Å². The molecule has 0 saturated heterocycles. The van der Waals surface area contributed by atoms with E-state index in [-0.39, 0.29) is 43.9 Å². The van der Waals surface area contributed by atoms with Gasteiger partial charge in [-0.3, -0.25) is 19.4 Å². The summed E-state index contributed by atoms with van der Waals surface area (Å²) in [5.41, 5.74) is 19.7. The number of imidazole rings is 1. The third-order valence-electron chi connectivity index (χ3n) is 7.63. The maximum Gasteiger partial charge on any atom is 0.326 e. The van der Waals surface area contributed by atoms with E-state index in [1.54, 1.807) is 18.3 Å². The lowest BCUT2D eigenvalue weighted by Gasteiger charge is -2.25. The van der Waals surface area contributed by atoms with Gasteiger partial charge in [-0.05, 0) is 48.6 Å². The molecule has 13 N–H and O–H groups in total. The summed E-state index contributed by atoms with van der Waals surface area (Å²) in [5, 5.41) is 28.3. The zero-order chi connectivity index (χ0) is 34.6. The van der Waals surface area contributed by atoms with Crippen LogP contribution in [0, 0.1) is 0 Å². The number of carbonyl (C=O) groups is 4. The van der Waals surface area contributed by atoms with Crippen LogP contribution in [-0.4, -0.2) is 85.5 Å². The van der Waals surface area contributed by atoms with Crippen LogP contribution in [0.25, 0.3) is 10.9 Å². The number of carboxylic acid groups (broad SMARTS) is 1. The van der Waals surface area contributed by atoms with Crippen molar-refractivity contribution in [1.82, 2.24) is 30.9 Å². The summed E-state index contributed by atoms with van der Waals surface area (Å²) in [4.78, 5) is 66.6. The number of phenols is 1. The largest absolute Gasteiger partial charge is 0.508 e. The molecule has 0 aliphatic heterocycles. The summed E-state index contributed by atoms with van der Waals surface area (Å²) in [5.74, 6) is -3.39. The molecule has 0 radical (unpaired) electrons. The highest BCUT2D eigenvalue weighted by atomic mass is 16.4. The number of benzene rings is 2. The molecule has 3 amide bonds. The molecule has 4 atom stereocenters. The normalized spacial score (nSPS) is 13.5. The molecule has 4 unspecified atom stereocenters. The fourth-order valence-electron chi connectivity index (χ4n) is 5.12. The Labute approximate surface area is 275 Å². The highest BCUT2D eigenvalue weighted by Gasteiger charge is 2.31. The molecule has 0 spiro atoms. The van der Waals surface area contributed by atoms with Gasteiger partial charge in [0.1, 0.15) is 23.9 Å². The number of aliphatic carboxylic acids is 1. The summed E-state index contributed by atoms with van der Waals surface area (Å²) in [7, 11) is 0. The van der Waals surface area contributed by atoms with Crippen LogP contribution in [0.2, 0.25) is 0 Å². The molecule has 0 aliphatic carbocycles. The first-order valence-electron chi connectivity index (χ1n) is 15.2. The minimum absolute atomic E-state index is 0.0157. The molecule has 254 valence electrons. The summed E-state index contributed by atoms with van der Waals surface area (Å²) in [6, 6.07) is 8.85. The quantitative estimate of drug-likeness (QED) is 0.0395. The number of rotatable bonds is 17. The standard InChI is InChI=1S/C32H40N10O6/c33-23(12-18-7-9-21(43)10-8-18)28(44)40-25(6-3-11-37-32(34)35)29(45)41-26(14-20-16-36-17-39-20)30(46)42-27(31(47)48)13-19-15-38-24-5-2-1-4-22(19)24/h1-2,4-5,7-10,15-17,23,25-27,38,43H,3,6,11-14,33H2,(H,36,39)(H,40,44)(H,41,45)(H,42,46)(H,47,48)(H4,34,35,37). The van der Waals surface area contributed by atoms with Crippen LogP contribution >= 0.6 is 0 Å². The average Bonchev–Trinajstić information content (AvgIpc) is 3.72. The van der Waals surface area contributed by atoms with E-state index in [2.05, 4.69) is 35.9 Å². The number of aromatic amines is 2. The number of nitrogens with two attached hydrogens (primary N) is 3. The lowest BCUT2D eigenvalue weighted by atomic mass is 10.0. The number of amides is 3. The third kappa shape index (κ3) is 10.1. The Morgan fingerprint density at radius 3 is 2.23 bits per heavy atom. The van der Waals surface area contributed by atoms with Gasteiger partial charge in [0, 0.05) is 48.4 Å². The van der Waals surface area contributed by atoms with E-state index in [1.807, 2.05) is 24.3 Å². The molecule has 16 nitrogen and oxygen atoms in total. The predicted molar refractivity (Wildman–Crippen MR) is 177 cm³/mol. The van der Waals surface area contributed by atoms with Crippen LogP contribution in [0.3, 0.4) is 0 Å². The molecule has 0 aliphatic rings. The van der Waals surface area contributed by atoms with Gasteiger partial charge in [-0.25, -0.2) is 9.78 Å². The number of hydrogen-bond donors (Lipinski definition) is 10. The van der Waals surface area contributed by atoms with Crippen molar-refractivity contribution in [3.63, 3.8) is 0 Å². The number of aromatic nitrogens is 3. The van der Waals surface area contributed by atoms with Crippen molar-refractivity contribution >= 4 is 40.6 Å². The monoisotopic (exact) mass is 660 g/mol. The van der Waals surface area contributed by atoms with Crippen molar-refractivity contribution in [2.24, 2.45) is 22.2 Å². The number of hydrogen-bond acceptors (Lipinski definition) is 8. The number of phenolic OH excluding ortho intramolecular Hbond substituents is 1. The van der Waals surface area contributed by atoms with Crippen LogP contribution in [0.15, 0.2) is 72.2 Å². The second-order valence-electron chi connectivity index (χ2n) is 11.3. The zero-order valence-electron chi connectivity index (χ0n) is 26.1. The molecule has 0 fully saturated rings. The molecular formula is C32H40N10O6. The fraction of sp³-hybridized carbons (Fsp3) is 0.312. The predicted octanol–water partition coefficient (Wildman–Crippen LogP) is -0.456. The number of para-hydroxylation sites is 1. The van der Waals surface area contributed by atoms with E-state index in [1.165, 1.54) is 24.7 Å². The minimum atomic E-state index is -1.31. The van der Waals surface area contributed by atoms with Crippen LogP contribution < -0.4 is 33.2 Å². The zero-order valence-corrected chi connectivity index (χ0v) is 26.1. The van der Waals surface area contributed by atoms with Gasteiger partial charge in [0.25, 0.3) is 0 Å². The first-order chi connectivity index (χ1) is 23.0. The van der Waals surface area contributed by atoms with Gasteiger partial charge in [-0.1, -0.05) is 30.3 Å². The van der Waals surface area contributed by atoms with Gasteiger partial charge in [-0.2, -0.15) is 0 Å². The van der Waals surface area contributed by atoms with Gasteiger partial charge in [0.15, 0.2) is 5.96 Å². The number of nitrogens with one attached hydrogen (secondary N) is 5. The molecule has 16 heteroatoms. The maximum absolute atomic E-state index is 13.7. The van der Waals surface area contributed by atoms with Crippen molar-refractivity contribution in [2.45, 2.75) is 56.3 Å². The molecule has 2 heterocycles. The van der Waals surface area contributed by atoms with Crippen molar-refractivity contribution in [3.8, 4) is 5.75 Å². The number of carboxylic acids is 1. The molecule has 4 rings (SSSR count). The number of aliphatic imine (C=N–C) groups is 1. The number of aromatic hydroxyl groups is 1. The molecule has 2 aromatic heterocycles. The Morgan fingerprint density at radius 1 is 0.854 bits per heavy atom. The van der Waals surface area contributed by atoms with Gasteiger partial charge in [-0.15, -0.1) is 0 Å². The van der Waals surface area contributed by atoms with E-state index < -0.39 is 47.9 Å². The van der Waals surface area contributed by atoms with Gasteiger partial charge in [0.2, 0.25) is 17.7 Å². The number of carbonyl (C=O) groups excluding carboxylic acids is 3. The van der Waals surface area contributed by atoms with E-state index in [0.717, 1.165) is 10.9 Å². The molecule has 0 bridgehead atoms. The van der Waals surface area contributed by atoms with E-state index in [0.29, 0.717) is 23.2 Å². The average molecular weight is 661 g/mol. The summed E-state index contributed by atoms with van der Waals surface area (Å²) >= 11 is 0. The second-order valence-corrected chi connectivity index (χ2v) is 11.3. The van der Waals surface area contributed by atoms with E-state index in [4.69, 9.17) is 17.2 Å². The van der Waals surface area contributed by atoms with Crippen LogP contribution in [0.1, 0.15) is 29.7 Å². The molecular weight excluding hydrogens is 620 g/mol. The first kappa shape index (κ1) is 35.0. The Kier molecular flexibility index (Phi) is 12.1. The maximum atomic E-state index is 13.7. The molecule has 0 saturated carbocycles. The number of fused-ring (bicyclic) bond motifs is 1. The lowest BCUT2D eigenvalue weighted by Crippen LogP contribution is -2.58. The summed E-state index contributed by atoms with van der Waals surface area (Å²) in [6.45, 7) is 0.174. The topological polar surface area (TPSA) is 280 Å². The SMILES string of the molecule is NC(N)=NCCCC(NC(=O)C(N)Cc1ccc(O)cc1)C(=O)NC(Cc1cnc[nH]1)C(=O)NC(Cc1c[nH]c2ccccc12)C(=O)O. The van der Waals surface area contributed by atoms with E-state index >= 15 is 0 Å². The Morgan fingerprint density at radius 2 is 1.54 bits per heavy atom. The van der Waals surface area contributed by atoms with Gasteiger partial charge >= 0.3 is 5.97 Å². The van der Waals surface area contributed by atoms with Crippen LogP contribution in [-0.2, 0) is 38.4 Å². The smallest absolute Gasteiger partial charge is 0.326 e. The second kappa shape index (κ2) is 16.6. The highest BCUT2D eigenvalue weighted by Crippen LogP contribution is 2.19. The third-order valence-corrected chi connectivity index (χ3v) is 7.63. The lowest BCUT2D eigenvalue weighted by molar-refractivity contribution is -0.142. The minimum Gasteiger partial charge on any atom is -0.508 e. The summed E-state index contributed by atoms with van der Waals surface area (Å²) < 4.78 is 0. The number of guanidine groups is 1. The fourth-order valence-corrected chi connectivity index (χ4v) is 5.12. The number of H-pyrrole nitrogens is 2. The summed E-state index contributed by atoms with van der Waals surface area (Å²) in [6.07, 6.45) is 5.04. The van der Waals surface area contributed by atoms with Crippen LogP contribution in [0.5, 0.6) is 5.75 Å². The van der Waals surface area contributed by atoms with Crippen molar-refractivity contribution in [1.29, 1.82) is 0 Å². The van der Waals surface area contributed by atoms with E-state index in [9.17, 15) is 29.4 Å². The Balaban J connectivity index is 1.50. The Hall–Kier alpha value is -5.90. The van der Waals surface area contributed by atoms with Crippen molar-refractivity contribution < 1.29 is 29.4 Å². The molecule has 48 heavy (non-hydrogen) atoms. The van der Waals surface area contributed by atoms with Gasteiger partial charge < -0.3 is 53.3 Å². The highest BCUT2D eigenvalue weighted by molar-refractivity contribution is 5.94. The number of nitrogens with zero attached hydrogens (tertiary/aromatic N) is 2. The molecule has 2 aromatic carbocycles. The van der Waals surface area contributed by atoms with Crippen LogP contribution in [0.4, 0.5) is 0 Å². The van der Waals surface area contributed by atoms with Gasteiger partial charge in [0.05, 0.1) is 12.4 Å². The van der Waals surface area contributed by atoms with Crippen molar-refractivity contribution in [3.05, 3.63) is 84.1 Å². The Bertz CT molecular complexity index is 1720.